The zero-order valence-electron chi connectivity index (χ0n) is 16.6. The highest BCUT2D eigenvalue weighted by Gasteiger charge is 2.39. The van der Waals surface area contributed by atoms with Gasteiger partial charge in [-0.15, -0.1) is 21.5 Å². The number of hydrogen-bond acceptors (Lipinski definition) is 7. The lowest BCUT2D eigenvalue weighted by Gasteiger charge is -2.29. The number of anilines is 2. The highest BCUT2D eigenvalue weighted by molar-refractivity contribution is 7.18. The smallest absolute Gasteiger partial charge is 0.397 e. The van der Waals surface area contributed by atoms with Crippen LogP contribution in [0.5, 0.6) is 0 Å². The lowest BCUT2D eigenvalue weighted by Crippen LogP contribution is -2.36. The third-order valence-corrected chi connectivity index (χ3v) is 6.25. The van der Waals surface area contributed by atoms with Crippen LogP contribution < -0.4 is 10.6 Å². The van der Waals surface area contributed by atoms with Crippen molar-refractivity contribution in [2.24, 2.45) is 0 Å². The molecule has 0 bridgehead atoms. The summed E-state index contributed by atoms with van der Waals surface area (Å²) in [6.07, 6.45) is 0.913. The Kier molecular flexibility index (Phi) is 4.61. The van der Waals surface area contributed by atoms with Gasteiger partial charge in [-0.25, -0.2) is 4.98 Å². The lowest BCUT2D eigenvalue weighted by molar-refractivity contribution is -0.147. The van der Waals surface area contributed by atoms with Gasteiger partial charge in [-0.2, -0.15) is 18.2 Å². The second-order valence-electron chi connectivity index (χ2n) is 7.39. The summed E-state index contributed by atoms with van der Waals surface area (Å²) in [4.78, 5) is 13.4. The molecule has 0 atom stereocenters. The van der Waals surface area contributed by atoms with Gasteiger partial charge in [0.05, 0.1) is 11.9 Å². The van der Waals surface area contributed by atoms with E-state index in [0.717, 1.165) is 27.6 Å². The number of aromatic nitrogens is 6. The van der Waals surface area contributed by atoms with Gasteiger partial charge in [-0.3, -0.25) is 4.57 Å². The zero-order chi connectivity index (χ0) is 21.8. The minimum Gasteiger partial charge on any atom is -0.397 e. The summed E-state index contributed by atoms with van der Waals surface area (Å²) in [5.74, 6) is 0.446. The maximum Gasteiger partial charge on any atom is 0.451 e. The molecule has 1 aliphatic rings. The molecule has 0 aromatic carbocycles. The van der Waals surface area contributed by atoms with Crippen molar-refractivity contribution < 1.29 is 13.2 Å². The maximum absolute atomic E-state index is 13.2. The van der Waals surface area contributed by atoms with Crippen LogP contribution in [0.25, 0.3) is 16.2 Å². The topological polar surface area (TPSA) is 90.7 Å². The molecule has 5 rings (SSSR count). The molecule has 0 fully saturated rings. The van der Waals surface area contributed by atoms with Crippen LogP contribution >= 0.6 is 11.3 Å². The second kappa shape index (κ2) is 7.22. The van der Waals surface area contributed by atoms with Crippen LogP contribution in [0.15, 0.2) is 24.5 Å². The summed E-state index contributed by atoms with van der Waals surface area (Å²) in [5, 5.41) is 8.04. The van der Waals surface area contributed by atoms with E-state index >= 15 is 0 Å². The summed E-state index contributed by atoms with van der Waals surface area (Å²) in [6, 6.07) is 3.83. The summed E-state index contributed by atoms with van der Waals surface area (Å²) >= 11 is 1.60. The van der Waals surface area contributed by atoms with Crippen molar-refractivity contribution in [3.05, 3.63) is 41.1 Å². The van der Waals surface area contributed by atoms with Crippen molar-refractivity contribution in [3.8, 4) is 5.95 Å². The summed E-state index contributed by atoms with van der Waals surface area (Å²) in [7, 11) is 0. The van der Waals surface area contributed by atoms with E-state index in [4.69, 9.17) is 15.7 Å². The standard InChI is InChI=1S/C19H19F3N8S/c1-2-3-12-8-13-15(24-18(25-16(13)31-12)29-5-4-11(23)9-29)28-6-7-30-14(10-28)26-27-17(30)19(20,21)22/h4-5,8-9H,2-3,6-7,10,23H2,1H3. The molecule has 0 saturated heterocycles. The van der Waals surface area contributed by atoms with Crippen LogP contribution in [0.2, 0.25) is 0 Å². The Labute approximate surface area is 179 Å². The number of nitrogens with zero attached hydrogens (tertiary/aromatic N) is 7. The molecular formula is C19H19F3N8S. The van der Waals surface area contributed by atoms with E-state index in [9.17, 15) is 13.2 Å². The third-order valence-electron chi connectivity index (χ3n) is 5.16. The number of hydrogen-bond donors (Lipinski definition) is 1. The Hall–Kier alpha value is -3.15. The predicted octanol–water partition coefficient (Wildman–Crippen LogP) is 3.65. The molecule has 0 unspecified atom stereocenters. The number of thiophene rings is 1. The molecule has 0 radical (unpaired) electrons. The van der Waals surface area contributed by atoms with Crippen LogP contribution in [0, 0.1) is 0 Å². The summed E-state index contributed by atoms with van der Waals surface area (Å²) in [5.41, 5.74) is 6.44. The number of halogens is 3. The van der Waals surface area contributed by atoms with Crippen molar-refractivity contribution in [1.29, 1.82) is 0 Å². The first-order chi connectivity index (χ1) is 14.8. The summed E-state index contributed by atoms with van der Waals surface area (Å²) < 4.78 is 42.4. The SMILES string of the molecule is CCCc1cc2c(N3CCn4c(nnc4C(F)(F)F)C3)nc(-n3ccc(N)c3)nc2s1. The minimum absolute atomic E-state index is 0.125. The van der Waals surface area contributed by atoms with E-state index in [1.165, 1.54) is 4.88 Å². The van der Waals surface area contributed by atoms with Crippen LogP contribution in [0.4, 0.5) is 24.7 Å². The van der Waals surface area contributed by atoms with Crippen molar-refractivity contribution in [1.82, 2.24) is 29.3 Å². The first-order valence-corrected chi connectivity index (χ1v) is 10.6. The zero-order valence-corrected chi connectivity index (χ0v) is 17.4. The Bertz CT molecular complexity index is 1260. The molecule has 4 aromatic heterocycles. The second-order valence-corrected chi connectivity index (χ2v) is 8.51. The monoisotopic (exact) mass is 448 g/mol. The van der Waals surface area contributed by atoms with Crippen LogP contribution in [0.3, 0.4) is 0 Å². The highest BCUT2D eigenvalue weighted by atomic mass is 32.1. The van der Waals surface area contributed by atoms with Crippen LogP contribution in [-0.2, 0) is 25.7 Å². The Balaban J connectivity index is 1.59. The molecule has 12 heteroatoms. The molecule has 0 saturated carbocycles. The molecule has 0 spiro atoms. The molecule has 5 heterocycles. The Morgan fingerprint density at radius 2 is 2.03 bits per heavy atom. The fraction of sp³-hybridized carbons (Fsp3) is 0.368. The van der Waals surface area contributed by atoms with Gasteiger partial charge in [0.25, 0.3) is 0 Å². The molecule has 0 amide bonds. The van der Waals surface area contributed by atoms with Gasteiger partial charge in [0.2, 0.25) is 11.8 Å². The number of rotatable bonds is 4. The maximum atomic E-state index is 13.2. The molecule has 2 N–H and O–H groups in total. The Morgan fingerprint density at radius 3 is 2.74 bits per heavy atom. The fourth-order valence-corrected chi connectivity index (χ4v) is 4.88. The van der Waals surface area contributed by atoms with Gasteiger partial charge in [0.1, 0.15) is 10.6 Å². The largest absolute Gasteiger partial charge is 0.451 e. The van der Waals surface area contributed by atoms with E-state index in [-0.39, 0.29) is 18.9 Å². The van der Waals surface area contributed by atoms with Crippen LogP contribution in [-0.4, -0.2) is 35.8 Å². The first kappa shape index (κ1) is 19.8. The average molecular weight is 448 g/mol. The van der Waals surface area contributed by atoms with Gasteiger partial charge in [-0.05, 0) is 18.6 Å². The van der Waals surface area contributed by atoms with Gasteiger partial charge in [0.15, 0.2) is 5.82 Å². The number of fused-ring (bicyclic) bond motifs is 2. The Morgan fingerprint density at radius 1 is 1.19 bits per heavy atom. The molecule has 8 nitrogen and oxygen atoms in total. The van der Waals surface area contributed by atoms with Gasteiger partial charge in [0, 0.05) is 36.0 Å². The van der Waals surface area contributed by atoms with Gasteiger partial charge < -0.3 is 15.2 Å². The van der Waals surface area contributed by atoms with E-state index in [0.29, 0.717) is 24.0 Å². The molecule has 0 aliphatic carbocycles. The predicted molar refractivity (Wildman–Crippen MR) is 111 cm³/mol. The average Bonchev–Trinajstić information content (AvgIpc) is 3.43. The third kappa shape index (κ3) is 3.50. The number of aryl methyl sites for hydroxylation is 1. The van der Waals surface area contributed by atoms with Gasteiger partial charge in [-0.1, -0.05) is 13.3 Å². The molecule has 31 heavy (non-hydrogen) atoms. The quantitative estimate of drug-likeness (QED) is 0.513. The van der Waals surface area contributed by atoms with Crippen molar-refractivity contribution in [2.75, 3.05) is 17.2 Å². The van der Waals surface area contributed by atoms with E-state index in [1.54, 1.807) is 34.4 Å². The van der Waals surface area contributed by atoms with E-state index < -0.39 is 12.0 Å². The first-order valence-electron chi connectivity index (χ1n) is 9.82. The lowest BCUT2D eigenvalue weighted by atomic mass is 10.2. The van der Waals surface area contributed by atoms with Crippen LogP contribution in [0.1, 0.15) is 29.9 Å². The molecule has 1 aliphatic heterocycles. The number of nitrogen functional groups attached to an aromatic ring is 1. The fourth-order valence-electron chi connectivity index (χ4n) is 3.76. The van der Waals surface area contributed by atoms with Crippen molar-refractivity contribution in [2.45, 2.75) is 39.0 Å². The minimum atomic E-state index is -4.53. The number of alkyl halides is 3. The van der Waals surface area contributed by atoms with Crippen molar-refractivity contribution in [3.63, 3.8) is 0 Å². The molecular weight excluding hydrogens is 429 g/mol. The molecule has 4 aromatic rings. The highest BCUT2D eigenvalue weighted by Crippen LogP contribution is 2.35. The van der Waals surface area contributed by atoms with Crippen molar-refractivity contribution >= 4 is 33.1 Å². The summed E-state index contributed by atoms with van der Waals surface area (Å²) in [6.45, 7) is 2.77. The normalized spacial score (nSPS) is 14.4. The number of nitrogens with two attached hydrogens (primary N) is 1. The van der Waals surface area contributed by atoms with E-state index in [2.05, 4.69) is 23.2 Å². The molecule has 162 valence electrons. The van der Waals surface area contributed by atoms with E-state index in [1.807, 2.05) is 4.90 Å². The van der Waals surface area contributed by atoms with Gasteiger partial charge >= 0.3 is 6.18 Å².